The third-order valence-electron chi connectivity index (χ3n) is 3.50. The van der Waals surface area contributed by atoms with Gasteiger partial charge in [0.1, 0.15) is 9.75 Å². The van der Waals surface area contributed by atoms with Gasteiger partial charge in [-0.25, -0.2) is 0 Å². The quantitative estimate of drug-likeness (QED) is 0.470. The number of nitrogens with one attached hydrogen (secondary N) is 1. The van der Waals surface area contributed by atoms with Gasteiger partial charge in [0.15, 0.2) is 6.61 Å². The van der Waals surface area contributed by atoms with Crippen molar-refractivity contribution in [1.82, 2.24) is 0 Å². The highest BCUT2D eigenvalue weighted by atomic mass is 35.5. The first-order valence-electron chi connectivity index (χ1n) is 6.74. The molecular weight excluding hydrogens is 359 g/mol. The molecule has 1 saturated carbocycles. The zero-order chi connectivity index (χ0) is 17.1. The number of para-hydroxylation sites is 1. The van der Waals surface area contributed by atoms with Crippen LogP contribution in [0, 0.1) is 16.7 Å². The molecule has 0 aromatic heterocycles. The second-order valence-electron chi connectivity index (χ2n) is 5.28. The Kier molecular flexibility index (Phi) is 5.45. The Bertz CT molecular complexity index is 675. The molecule has 5 nitrogen and oxygen atoms in total. The Morgan fingerprint density at radius 3 is 2.70 bits per heavy atom. The minimum absolute atomic E-state index is 0.272. The SMILES string of the molecule is C[C@]1(C(=O)OCC(=O)Nc2ccccc2SCC#N)CC1(Cl)Cl. The van der Waals surface area contributed by atoms with E-state index >= 15 is 0 Å². The maximum atomic E-state index is 11.9. The molecule has 122 valence electrons. The number of amides is 1. The highest BCUT2D eigenvalue weighted by Crippen LogP contribution is 2.64. The summed E-state index contributed by atoms with van der Waals surface area (Å²) >= 11 is 13.1. The van der Waals surface area contributed by atoms with E-state index in [2.05, 4.69) is 5.32 Å². The van der Waals surface area contributed by atoms with Crippen molar-refractivity contribution in [3.05, 3.63) is 24.3 Å². The van der Waals surface area contributed by atoms with E-state index in [-0.39, 0.29) is 5.75 Å². The van der Waals surface area contributed by atoms with Gasteiger partial charge in [0.05, 0.1) is 17.5 Å². The van der Waals surface area contributed by atoms with Crippen molar-refractivity contribution in [3.63, 3.8) is 0 Å². The molecule has 0 radical (unpaired) electrons. The summed E-state index contributed by atoms with van der Waals surface area (Å²) in [6.45, 7) is 1.18. The second kappa shape index (κ2) is 7.00. The lowest BCUT2D eigenvalue weighted by molar-refractivity contribution is -0.152. The number of alkyl halides is 2. The lowest BCUT2D eigenvalue weighted by Crippen LogP contribution is -2.26. The molecule has 1 amide bonds. The second-order valence-corrected chi connectivity index (χ2v) is 7.78. The first-order valence-corrected chi connectivity index (χ1v) is 8.48. The number of rotatable bonds is 6. The van der Waals surface area contributed by atoms with E-state index in [1.807, 2.05) is 12.1 Å². The van der Waals surface area contributed by atoms with Gasteiger partial charge in [-0.15, -0.1) is 35.0 Å². The number of nitriles is 1. The molecule has 0 aliphatic heterocycles. The summed E-state index contributed by atoms with van der Waals surface area (Å²) < 4.78 is 3.86. The van der Waals surface area contributed by atoms with E-state index < -0.39 is 28.2 Å². The van der Waals surface area contributed by atoms with Crippen LogP contribution in [0.4, 0.5) is 5.69 Å². The van der Waals surface area contributed by atoms with Crippen LogP contribution in [-0.4, -0.2) is 28.6 Å². The molecule has 0 heterocycles. The molecule has 2 rings (SSSR count). The first kappa shape index (κ1) is 17.9. The molecule has 1 aliphatic rings. The van der Waals surface area contributed by atoms with Crippen molar-refractivity contribution in [2.45, 2.75) is 22.6 Å². The molecule has 0 saturated heterocycles. The van der Waals surface area contributed by atoms with Gasteiger partial charge in [-0.1, -0.05) is 12.1 Å². The molecule has 1 fully saturated rings. The summed E-state index contributed by atoms with van der Waals surface area (Å²) in [6.07, 6.45) is 0.303. The standard InChI is InChI=1S/C15H14Cl2N2O3S/c1-14(9-15(14,16)17)13(21)22-8-12(20)19-10-4-2-3-5-11(10)23-7-6-18/h2-5H,7-9H2,1H3,(H,19,20)/t14-/m1/s1. The van der Waals surface area contributed by atoms with E-state index in [1.165, 1.54) is 11.8 Å². The number of hydrogen-bond acceptors (Lipinski definition) is 5. The summed E-state index contributed by atoms with van der Waals surface area (Å²) in [5, 5.41) is 11.3. The van der Waals surface area contributed by atoms with Gasteiger partial charge in [-0.2, -0.15) is 5.26 Å². The fourth-order valence-electron chi connectivity index (χ4n) is 1.90. The summed E-state index contributed by atoms with van der Waals surface area (Å²) in [5.41, 5.74) is -0.396. The van der Waals surface area contributed by atoms with E-state index in [1.54, 1.807) is 25.1 Å². The first-order chi connectivity index (χ1) is 10.8. The van der Waals surface area contributed by atoms with E-state index in [0.29, 0.717) is 12.1 Å². The summed E-state index contributed by atoms with van der Waals surface area (Å²) in [7, 11) is 0. The average molecular weight is 373 g/mol. The fraction of sp³-hybridized carbons (Fsp3) is 0.400. The number of halogens is 2. The minimum Gasteiger partial charge on any atom is -0.455 e. The van der Waals surface area contributed by atoms with Gasteiger partial charge >= 0.3 is 5.97 Å². The van der Waals surface area contributed by atoms with Gasteiger partial charge in [0, 0.05) is 11.3 Å². The third kappa shape index (κ3) is 4.11. The summed E-state index contributed by atoms with van der Waals surface area (Å²) in [6, 6.07) is 9.10. The fourth-order valence-corrected chi connectivity index (χ4v) is 3.26. The van der Waals surface area contributed by atoms with E-state index in [0.717, 1.165) is 4.90 Å². The molecule has 8 heteroatoms. The minimum atomic E-state index is -1.12. The molecule has 0 unspecified atom stereocenters. The molecule has 23 heavy (non-hydrogen) atoms. The number of carbonyl (C=O) groups excluding carboxylic acids is 2. The van der Waals surface area contributed by atoms with Crippen molar-refractivity contribution in [3.8, 4) is 6.07 Å². The number of ether oxygens (including phenoxy) is 1. The number of carbonyl (C=O) groups is 2. The lowest BCUT2D eigenvalue weighted by atomic mass is 10.1. The summed E-state index contributed by atoms with van der Waals surface area (Å²) in [5.74, 6) is -0.791. The van der Waals surface area contributed by atoms with Crippen LogP contribution in [0.25, 0.3) is 0 Å². The number of hydrogen-bond donors (Lipinski definition) is 1. The van der Waals surface area contributed by atoms with Crippen molar-refractivity contribution in [2.24, 2.45) is 5.41 Å². The molecule has 1 aliphatic carbocycles. The van der Waals surface area contributed by atoms with Gasteiger partial charge in [-0.05, 0) is 19.1 Å². The normalized spacial score (nSPS) is 21.1. The highest BCUT2D eigenvalue weighted by Gasteiger charge is 2.69. The topological polar surface area (TPSA) is 79.2 Å². The molecule has 1 atom stereocenters. The van der Waals surface area contributed by atoms with Crippen LogP contribution in [-0.2, 0) is 14.3 Å². The molecule has 1 N–H and O–H groups in total. The predicted octanol–water partition coefficient (Wildman–Crippen LogP) is 3.37. The zero-order valence-electron chi connectivity index (χ0n) is 12.3. The van der Waals surface area contributed by atoms with Crippen LogP contribution < -0.4 is 5.32 Å². The highest BCUT2D eigenvalue weighted by molar-refractivity contribution is 7.99. The Hall–Kier alpha value is -1.42. The van der Waals surface area contributed by atoms with Crippen molar-refractivity contribution in [2.75, 3.05) is 17.7 Å². The van der Waals surface area contributed by atoms with Crippen molar-refractivity contribution in [1.29, 1.82) is 5.26 Å². The Morgan fingerprint density at radius 1 is 1.43 bits per heavy atom. The molecule has 0 bridgehead atoms. The molecule has 0 spiro atoms. The van der Waals surface area contributed by atoms with Crippen molar-refractivity contribution >= 4 is 52.5 Å². The van der Waals surface area contributed by atoms with E-state index in [9.17, 15) is 9.59 Å². The van der Waals surface area contributed by atoms with Gasteiger partial charge in [0.25, 0.3) is 5.91 Å². The largest absolute Gasteiger partial charge is 0.455 e. The van der Waals surface area contributed by atoms with Gasteiger partial charge < -0.3 is 10.1 Å². The van der Waals surface area contributed by atoms with Gasteiger partial charge in [0.2, 0.25) is 0 Å². The molecule has 1 aromatic rings. The van der Waals surface area contributed by atoms with Crippen LogP contribution >= 0.6 is 35.0 Å². The van der Waals surface area contributed by atoms with Crippen LogP contribution in [0.3, 0.4) is 0 Å². The van der Waals surface area contributed by atoms with E-state index in [4.69, 9.17) is 33.2 Å². The molecular formula is C15H14Cl2N2O3S. The lowest BCUT2D eigenvalue weighted by Gasteiger charge is -2.13. The maximum Gasteiger partial charge on any atom is 0.315 e. The van der Waals surface area contributed by atoms with Crippen molar-refractivity contribution < 1.29 is 14.3 Å². The van der Waals surface area contributed by atoms with Crippen LogP contribution in [0.5, 0.6) is 0 Å². The number of esters is 1. The number of benzene rings is 1. The molecule has 1 aromatic carbocycles. The number of anilines is 1. The van der Waals surface area contributed by atoms with Crippen LogP contribution in [0.1, 0.15) is 13.3 Å². The number of thioether (sulfide) groups is 1. The van der Waals surface area contributed by atoms with Crippen LogP contribution in [0.2, 0.25) is 0 Å². The Morgan fingerprint density at radius 2 is 2.09 bits per heavy atom. The van der Waals surface area contributed by atoms with Crippen LogP contribution in [0.15, 0.2) is 29.2 Å². The Labute approximate surface area is 148 Å². The third-order valence-corrected chi connectivity index (χ3v) is 5.54. The monoisotopic (exact) mass is 372 g/mol. The number of nitrogens with zero attached hydrogens (tertiary/aromatic N) is 1. The zero-order valence-corrected chi connectivity index (χ0v) is 14.6. The summed E-state index contributed by atoms with van der Waals surface area (Å²) in [4.78, 5) is 24.6. The Balaban J connectivity index is 1.89. The maximum absolute atomic E-state index is 11.9. The average Bonchev–Trinajstić information content (AvgIpc) is 3.03. The van der Waals surface area contributed by atoms with Gasteiger partial charge in [-0.3, -0.25) is 9.59 Å². The smallest absolute Gasteiger partial charge is 0.315 e. The predicted molar refractivity (Wildman–Crippen MR) is 89.5 cm³/mol.